The predicted octanol–water partition coefficient (Wildman–Crippen LogP) is 3.23. The molecule has 0 atom stereocenters. The van der Waals surface area contributed by atoms with Gasteiger partial charge in [0.2, 0.25) is 0 Å². The van der Waals surface area contributed by atoms with Crippen LogP contribution in [0.3, 0.4) is 0 Å². The molecule has 1 aromatic rings. The molecule has 0 N–H and O–H groups in total. The zero-order valence-corrected chi connectivity index (χ0v) is 8.95. The minimum Gasteiger partial charge on any atom is -0.258 e. The first-order valence-corrected chi connectivity index (χ1v) is 4.56. The molecule has 0 heterocycles. The van der Waals surface area contributed by atoms with Crippen LogP contribution in [0.25, 0.3) is 5.03 Å². The Balaban J connectivity index is 3.30. The van der Waals surface area contributed by atoms with Gasteiger partial charge in [-0.2, -0.15) is 5.26 Å². The van der Waals surface area contributed by atoms with E-state index >= 15 is 0 Å². The minimum atomic E-state index is -0.825. The molecule has 82 valence electrons. The second-order valence-corrected chi connectivity index (χ2v) is 3.35. The molecule has 0 radical (unpaired) electrons. The van der Waals surface area contributed by atoms with Crippen LogP contribution in [0.2, 0.25) is 0 Å². The van der Waals surface area contributed by atoms with Gasteiger partial charge < -0.3 is 0 Å². The average molecular weight is 241 g/mol. The Morgan fingerprint density at radius 3 is 2.69 bits per heavy atom. The molecule has 0 bridgehead atoms. The van der Waals surface area contributed by atoms with Crippen LogP contribution in [0.5, 0.6) is 0 Å². The summed E-state index contributed by atoms with van der Waals surface area (Å²) in [5.74, 6) is -0.825. The number of hydrogen-bond acceptors (Lipinski definition) is 3. The van der Waals surface area contributed by atoms with E-state index in [1.807, 2.05) is 0 Å². The Kier molecular flexibility index (Phi) is 3.59. The molecular weight excluding hydrogens is 235 g/mol. The molecule has 0 aliphatic rings. The van der Waals surface area contributed by atoms with E-state index in [1.165, 1.54) is 13.0 Å². The second-order valence-electron chi connectivity index (χ2n) is 2.97. The van der Waals surface area contributed by atoms with Crippen LogP contribution in [0.15, 0.2) is 23.8 Å². The summed E-state index contributed by atoms with van der Waals surface area (Å²) in [5, 5.41) is 18.9. The van der Waals surface area contributed by atoms with E-state index in [0.29, 0.717) is 0 Å². The highest BCUT2D eigenvalue weighted by atomic mass is 35.5. The van der Waals surface area contributed by atoms with Gasteiger partial charge in [0.05, 0.1) is 22.1 Å². The highest BCUT2D eigenvalue weighted by Crippen LogP contribution is 2.27. The summed E-state index contributed by atoms with van der Waals surface area (Å²) in [6.07, 6.45) is 0. The lowest BCUT2D eigenvalue weighted by atomic mass is 10.1. The number of halogens is 2. The van der Waals surface area contributed by atoms with Crippen molar-refractivity contribution in [2.75, 3.05) is 0 Å². The van der Waals surface area contributed by atoms with Gasteiger partial charge in [0.25, 0.3) is 5.69 Å². The molecule has 4 nitrogen and oxygen atoms in total. The lowest BCUT2D eigenvalue weighted by Gasteiger charge is -2.02. The van der Waals surface area contributed by atoms with Crippen molar-refractivity contribution in [1.29, 1.82) is 5.26 Å². The lowest BCUT2D eigenvalue weighted by Crippen LogP contribution is -1.92. The van der Waals surface area contributed by atoms with Crippen molar-refractivity contribution >= 4 is 22.3 Å². The lowest BCUT2D eigenvalue weighted by molar-refractivity contribution is -0.385. The van der Waals surface area contributed by atoms with Crippen LogP contribution in [-0.4, -0.2) is 4.92 Å². The highest BCUT2D eigenvalue weighted by molar-refractivity contribution is 6.49. The maximum absolute atomic E-state index is 13.4. The van der Waals surface area contributed by atoms with Gasteiger partial charge in [-0.05, 0) is 13.0 Å². The predicted molar refractivity (Wildman–Crippen MR) is 57.1 cm³/mol. The van der Waals surface area contributed by atoms with Crippen LogP contribution in [0.1, 0.15) is 12.5 Å². The van der Waals surface area contributed by atoms with Gasteiger partial charge in [0.1, 0.15) is 5.82 Å². The van der Waals surface area contributed by atoms with Gasteiger partial charge in [0, 0.05) is 17.2 Å². The first-order chi connectivity index (χ1) is 7.47. The molecule has 0 aliphatic heterocycles. The fourth-order valence-electron chi connectivity index (χ4n) is 1.05. The second kappa shape index (κ2) is 4.73. The number of benzene rings is 1. The summed E-state index contributed by atoms with van der Waals surface area (Å²) in [6, 6.07) is 4.85. The molecule has 0 aliphatic carbocycles. The van der Waals surface area contributed by atoms with Crippen molar-refractivity contribution in [2.45, 2.75) is 6.92 Å². The molecule has 1 aromatic carbocycles. The molecule has 0 saturated carbocycles. The summed E-state index contributed by atoms with van der Waals surface area (Å²) in [5.41, 5.74) is -0.235. The maximum Gasteiger partial charge on any atom is 0.272 e. The van der Waals surface area contributed by atoms with Gasteiger partial charge in [0.15, 0.2) is 0 Å². The van der Waals surface area contributed by atoms with Crippen molar-refractivity contribution in [3.05, 3.63) is 45.3 Å². The molecule has 16 heavy (non-hydrogen) atoms. The van der Waals surface area contributed by atoms with E-state index in [2.05, 4.69) is 0 Å². The van der Waals surface area contributed by atoms with Gasteiger partial charge >= 0.3 is 0 Å². The van der Waals surface area contributed by atoms with Crippen LogP contribution in [-0.2, 0) is 0 Å². The number of nitrogens with zero attached hydrogens (tertiary/aromatic N) is 2. The standard InChI is InChI=1S/C10H6ClFN2O2/c1-6(5-13)10(11)8-3-2-7(14(15)16)4-9(8)12/h2-4H,1H3. The molecule has 0 spiro atoms. The average Bonchev–Trinajstić information content (AvgIpc) is 2.26. The van der Waals surface area contributed by atoms with Crippen molar-refractivity contribution < 1.29 is 9.31 Å². The Morgan fingerprint density at radius 1 is 1.62 bits per heavy atom. The van der Waals surface area contributed by atoms with Gasteiger partial charge in [-0.15, -0.1) is 0 Å². The fraction of sp³-hybridized carbons (Fsp3) is 0.100. The Hall–Kier alpha value is -1.93. The molecule has 0 unspecified atom stereocenters. The van der Waals surface area contributed by atoms with Crippen LogP contribution < -0.4 is 0 Å². The SMILES string of the molecule is CC(C#N)=C(Cl)c1ccc([N+](=O)[O-])cc1F. The number of allylic oxidation sites excluding steroid dienone is 1. The van der Waals surface area contributed by atoms with Crippen LogP contribution in [0.4, 0.5) is 10.1 Å². The molecular formula is C10H6ClFN2O2. The van der Waals surface area contributed by atoms with Gasteiger partial charge in [-0.3, -0.25) is 10.1 Å². The summed E-state index contributed by atoms with van der Waals surface area (Å²) in [6.45, 7) is 1.43. The number of hydrogen-bond donors (Lipinski definition) is 0. The molecule has 6 heteroatoms. The third-order valence-electron chi connectivity index (χ3n) is 1.90. The van der Waals surface area contributed by atoms with Gasteiger partial charge in [-0.25, -0.2) is 4.39 Å². The van der Waals surface area contributed by atoms with Gasteiger partial charge in [-0.1, -0.05) is 11.6 Å². The normalized spacial score (nSPS) is 11.6. The Labute approximate surface area is 95.7 Å². The summed E-state index contributed by atoms with van der Waals surface area (Å²) in [4.78, 5) is 9.66. The van der Waals surface area contributed by atoms with Crippen LogP contribution >= 0.6 is 11.6 Å². The smallest absolute Gasteiger partial charge is 0.258 e. The number of nitriles is 1. The third kappa shape index (κ3) is 2.35. The van der Waals surface area contributed by atoms with E-state index < -0.39 is 10.7 Å². The molecule has 0 aromatic heterocycles. The highest BCUT2D eigenvalue weighted by Gasteiger charge is 2.13. The van der Waals surface area contributed by atoms with E-state index in [4.69, 9.17) is 16.9 Å². The Bertz CT molecular complexity index is 520. The van der Waals surface area contributed by atoms with E-state index in [-0.39, 0.29) is 21.9 Å². The molecule has 0 fully saturated rings. The van der Waals surface area contributed by atoms with Crippen molar-refractivity contribution in [3.63, 3.8) is 0 Å². The van der Waals surface area contributed by atoms with E-state index in [0.717, 1.165) is 12.1 Å². The summed E-state index contributed by atoms with van der Waals surface area (Å²) in [7, 11) is 0. The molecule has 0 amide bonds. The van der Waals surface area contributed by atoms with E-state index in [1.54, 1.807) is 6.07 Å². The van der Waals surface area contributed by atoms with Crippen LogP contribution in [0, 0.1) is 27.3 Å². The summed E-state index contributed by atoms with van der Waals surface area (Å²) >= 11 is 5.74. The number of non-ortho nitro benzene ring substituents is 1. The third-order valence-corrected chi connectivity index (χ3v) is 2.38. The largest absolute Gasteiger partial charge is 0.272 e. The monoisotopic (exact) mass is 240 g/mol. The molecule has 1 rings (SSSR count). The molecule has 0 saturated heterocycles. The van der Waals surface area contributed by atoms with Crippen molar-refractivity contribution in [3.8, 4) is 6.07 Å². The maximum atomic E-state index is 13.4. The topological polar surface area (TPSA) is 66.9 Å². The fourth-order valence-corrected chi connectivity index (χ4v) is 1.24. The quantitative estimate of drug-likeness (QED) is 0.453. The zero-order valence-electron chi connectivity index (χ0n) is 8.20. The first kappa shape index (κ1) is 12.1. The number of nitro groups is 1. The Morgan fingerprint density at radius 2 is 2.25 bits per heavy atom. The minimum absolute atomic E-state index is 0.0219. The van der Waals surface area contributed by atoms with E-state index in [9.17, 15) is 14.5 Å². The number of rotatable bonds is 2. The first-order valence-electron chi connectivity index (χ1n) is 4.18. The summed E-state index contributed by atoms with van der Waals surface area (Å²) < 4.78 is 13.4. The van der Waals surface area contributed by atoms with Crippen molar-refractivity contribution in [1.82, 2.24) is 0 Å². The number of nitro benzene ring substituents is 1. The zero-order chi connectivity index (χ0) is 12.3. The van der Waals surface area contributed by atoms with Crippen molar-refractivity contribution in [2.24, 2.45) is 0 Å².